The van der Waals surface area contributed by atoms with Crippen molar-refractivity contribution in [1.29, 1.82) is 0 Å². The third kappa shape index (κ3) is 2.29. The summed E-state index contributed by atoms with van der Waals surface area (Å²) in [5, 5.41) is 3.97. The van der Waals surface area contributed by atoms with Gasteiger partial charge in [0.25, 0.3) is 0 Å². The third-order valence-electron chi connectivity index (χ3n) is 1.78. The number of rotatable bonds is 3. The Morgan fingerprint density at radius 2 is 2.27 bits per heavy atom. The fourth-order valence-corrected chi connectivity index (χ4v) is 1.11. The summed E-state index contributed by atoms with van der Waals surface area (Å²) in [5.74, 6) is 1.05. The molecule has 0 atom stereocenters. The summed E-state index contributed by atoms with van der Waals surface area (Å²) >= 11 is 0. The molecule has 6 nitrogen and oxygen atoms in total. The van der Waals surface area contributed by atoms with Crippen molar-refractivity contribution in [2.45, 2.75) is 6.54 Å². The molecule has 6 heteroatoms. The van der Waals surface area contributed by atoms with Crippen LogP contribution in [-0.4, -0.2) is 19.7 Å². The maximum Gasteiger partial charge on any atom is 0.238 e. The Bertz CT molecular complexity index is 453. The van der Waals surface area contributed by atoms with Crippen molar-refractivity contribution in [3.05, 3.63) is 30.5 Å². The Hall–Kier alpha value is -1.95. The number of ether oxygens (including phenoxy) is 1. The van der Waals surface area contributed by atoms with Gasteiger partial charge in [-0.1, -0.05) is 0 Å². The first-order valence-corrected chi connectivity index (χ1v) is 4.45. The van der Waals surface area contributed by atoms with E-state index in [2.05, 4.69) is 15.1 Å². The molecule has 2 N–H and O–H groups in total. The van der Waals surface area contributed by atoms with E-state index < -0.39 is 0 Å². The van der Waals surface area contributed by atoms with E-state index in [4.69, 9.17) is 10.5 Å². The molecular weight excluding hydrogens is 194 g/mol. The molecule has 0 aliphatic carbocycles. The maximum absolute atomic E-state index is 5.44. The first-order valence-electron chi connectivity index (χ1n) is 4.45. The molecule has 2 rings (SSSR count). The monoisotopic (exact) mass is 205 g/mol. The summed E-state index contributed by atoms with van der Waals surface area (Å²) in [6.07, 6.45) is 6.50. The minimum absolute atomic E-state index is 0.344. The molecule has 0 saturated heterocycles. The van der Waals surface area contributed by atoms with Gasteiger partial charge in [0.15, 0.2) is 5.75 Å². The van der Waals surface area contributed by atoms with Crippen molar-refractivity contribution >= 4 is 0 Å². The lowest BCUT2D eigenvalue weighted by molar-refractivity contribution is 0.457. The van der Waals surface area contributed by atoms with E-state index in [1.165, 1.54) is 6.20 Å². The van der Waals surface area contributed by atoms with Crippen LogP contribution in [0.4, 0.5) is 0 Å². The number of aromatic nitrogens is 4. The van der Waals surface area contributed by atoms with Gasteiger partial charge in [0.1, 0.15) is 0 Å². The smallest absolute Gasteiger partial charge is 0.238 e. The zero-order valence-corrected chi connectivity index (χ0v) is 8.29. The van der Waals surface area contributed by atoms with Crippen LogP contribution in [0, 0.1) is 0 Å². The SMILES string of the molecule is Cn1cc(Oc2cncc(CN)n2)cn1. The molecule has 2 aromatic heterocycles. The van der Waals surface area contributed by atoms with Gasteiger partial charge in [-0.15, -0.1) is 0 Å². The van der Waals surface area contributed by atoms with Crippen molar-refractivity contribution < 1.29 is 4.74 Å². The van der Waals surface area contributed by atoms with Crippen molar-refractivity contribution in [3.8, 4) is 11.6 Å². The number of hydrogen-bond acceptors (Lipinski definition) is 5. The Labute approximate surface area is 86.7 Å². The minimum Gasteiger partial charge on any atom is -0.434 e. The average molecular weight is 205 g/mol. The van der Waals surface area contributed by atoms with E-state index >= 15 is 0 Å². The van der Waals surface area contributed by atoms with Crippen LogP contribution < -0.4 is 10.5 Å². The van der Waals surface area contributed by atoms with Gasteiger partial charge < -0.3 is 10.5 Å². The fourth-order valence-electron chi connectivity index (χ4n) is 1.11. The molecule has 0 amide bonds. The van der Waals surface area contributed by atoms with Crippen LogP contribution in [0.1, 0.15) is 5.69 Å². The van der Waals surface area contributed by atoms with Crippen LogP contribution in [0.25, 0.3) is 0 Å². The molecule has 0 aliphatic heterocycles. The number of nitrogens with two attached hydrogens (primary N) is 1. The average Bonchev–Trinajstić information content (AvgIpc) is 2.64. The van der Waals surface area contributed by atoms with E-state index in [9.17, 15) is 0 Å². The number of nitrogens with zero attached hydrogens (tertiary/aromatic N) is 4. The summed E-state index contributed by atoms with van der Waals surface area (Å²) in [4.78, 5) is 8.11. The van der Waals surface area contributed by atoms with E-state index in [-0.39, 0.29) is 0 Å². The molecule has 0 radical (unpaired) electrons. The van der Waals surface area contributed by atoms with Crippen molar-refractivity contribution in [3.63, 3.8) is 0 Å². The summed E-state index contributed by atoms with van der Waals surface area (Å²) in [5.41, 5.74) is 6.13. The summed E-state index contributed by atoms with van der Waals surface area (Å²) < 4.78 is 7.08. The van der Waals surface area contributed by atoms with E-state index in [1.807, 2.05) is 7.05 Å². The van der Waals surface area contributed by atoms with Gasteiger partial charge in [0.05, 0.1) is 24.3 Å². The Morgan fingerprint density at radius 3 is 2.93 bits per heavy atom. The topological polar surface area (TPSA) is 78.9 Å². The molecule has 0 saturated carbocycles. The molecule has 0 spiro atoms. The zero-order valence-electron chi connectivity index (χ0n) is 8.29. The highest BCUT2D eigenvalue weighted by Crippen LogP contribution is 2.16. The normalized spacial score (nSPS) is 10.3. The van der Waals surface area contributed by atoms with Gasteiger partial charge in [-0.05, 0) is 0 Å². The van der Waals surface area contributed by atoms with Crippen LogP contribution in [0.3, 0.4) is 0 Å². The zero-order chi connectivity index (χ0) is 10.7. The molecule has 0 aromatic carbocycles. The van der Waals surface area contributed by atoms with Gasteiger partial charge in [0, 0.05) is 19.8 Å². The Kier molecular flexibility index (Phi) is 2.59. The molecule has 0 bridgehead atoms. The Balaban J connectivity index is 2.16. The molecule has 0 aliphatic rings. The van der Waals surface area contributed by atoms with E-state index in [1.54, 1.807) is 23.3 Å². The van der Waals surface area contributed by atoms with E-state index in [0.29, 0.717) is 23.9 Å². The van der Waals surface area contributed by atoms with Gasteiger partial charge in [-0.25, -0.2) is 4.98 Å². The second kappa shape index (κ2) is 4.05. The first-order chi connectivity index (χ1) is 7.28. The molecule has 2 heterocycles. The summed E-state index contributed by atoms with van der Waals surface area (Å²) in [6, 6.07) is 0. The quantitative estimate of drug-likeness (QED) is 0.787. The van der Waals surface area contributed by atoms with Crippen molar-refractivity contribution in [2.75, 3.05) is 0 Å². The lowest BCUT2D eigenvalue weighted by Crippen LogP contribution is -2.01. The highest BCUT2D eigenvalue weighted by molar-refractivity contribution is 5.20. The molecule has 0 unspecified atom stereocenters. The van der Waals surface area contributed by atoms with Crippen LogP contribution >= 0.6 is 0 Å². The molecule has 15 heavy (non-hydrogen) atoms. The minimum atomic E-state index is 0.344. The van der Waals surface area contributed by atoms with E-state index in [0.717, 1.165) is 0 Å². The molecule has 0 fully saturated rings. The predicted octanol–water partition coefficient (Wildman–Crippen LogP) is 0.461. The van der Waals surface area contributed by atoms with Crippen molar-refractivity contribution in [1.82, 2.24) is 19.7 Å². The standard InChI is InChI=1S/C9H11N5O/c1-14-6-8(4-12-14)15-9-5-11-3-7(2-10)13-9/h3-6H,2,10H2,1H3. The summed E-state index contributed by atoms with van der Waals surface area (Å²) in [7, 11) is 1.81. The van der Waals surface area contributed by atoms with Gasteiger partial charge >= 0.3 is 0 Å². The Morgan fingerprint density at radius 1 is 1.40 bits per heavy atom. The highest BCUT2D eigenvalue weighted by atomic mass is 16.5. The largest absolute Gasteiger partial charge is 0.434 e. The predicted molar refractivity (Wildman–Crippen MR) is 53.2 cm³/mol. The second-order valence-electron chi connectivity index (χ2n) is 3.00. The van der Waals surface area contributed by atoms with Crippen LogP contribution in [0.5, 0.6) is 11.6 Å². The van der Waals surface area contributed by atoms with Gasteiger partial charge in [-0.2, -0.15) is 5.10 Å². The molecular formula is C9H11N5O. The maximum atomic E-state index is 5.44. The number of aryl methyl sites for hydroxylation is 1. The first kappa shape index (κ1) is 9.60. The lowest BCUT2D eigenvalue weighted by Gasteiger charge is -2.01. The van der Waals surface area contributed by atoms with Crippen molar-refractivity contribution in [2.24, 2.45) is 12.8 Å². The third-order valence-corrected chi connectivity index (χ3v) is 1.78. The molecule has 78 valence electrons. The second-order valence-corrected chi connectivity index (χ2v) is 3.00. The van der Waals surface area contributed by atoms with Crippen LogP contribution in [-0.2, 0) is 13.6 Å². The number of hydrogen-bond donors (Lipinski definition) is 1. The van der Waals surface area contributed by atoms with Crippen LogP contribution in [0.15, 0.2) is 24.8 Å². The summed E-state index contributed by atoms with van der Waals surface area (Å²) in [6.45, 7) is 0.344. The highest BCUT2D eigenvalue weighted by Gasteiger charge is 2.02. The molecule has 2 aromatic rings. The fraction of sp³-hybridized carbons (Fsp3) is 0.222. The lowest BCUT2D eigenvalue weighted by atomic mass is 10.4. The van der Waals surface area contributed by atoms with Crippen LogP contribution in [0.2, 0.25) is 0 Å². The van der Waals surface area contributed by atoms with Gasteiger partial charge in [0.2, 0.25) is 5.88 Å². The van der Waals surface area contributed by atoms with Gasteiger partial charge in [-0.3, -0.25) is 9.67 Å².